The highest BCUT2D eigenvalue weighted by molar-refractivity contribution is 9.10. The number of nitro groups is 1. The monoisotopic (exact) mass is 328 g/mol. The van der Waals surface area contributed by atoms with Crippen LogP contribution in [0.1, 0.15) is 32.8 Å². The maximum atomic E-state index is 10.9. The third-order valence-corrected chi connectivity index (χ3v) is 4.31. The van der Waals surface area contributed by atoms with Crippen molar-refractivity contribution in [1.29, 1.82) is 0 Å². The molecule has 1 aromatic carbocycles. The average molecular weight is 329 g/mol. The fraction of sp³-hybridized carbons (Fsp3) is 0.571. The van der Waals surface area contributed by atoms with Crippen molar-refractivity contribution in [2.24, 2.45) is 5.92 Å². The van der Waals surface area contributed by atoms with E-state index in [0.29, 0.717) is 16.4 Å². The average Bonchev–Trinajstić information content (AvgIpc) is 2.37. The van der Waals surface area contributed by atoms with Gasteiger partial charge in [0.1, 0.15) is 0 Å². The van der Waals surface area contributed by atoms with Crippen LogP contribution in [0.3, 0.4) is 0 Å². The molecule has 0 saturated carbocycles. The zero-order valence-corrected chi connectivity index (χ0v) is 13.2. The first kappa shape index (κ1) is 16.1. The van der Waals surface area contributed by atoms with Crippen LogP contribution in [0.2, 0.25) is 0 Å². The Balaban J connectivity index is 2.87. The topological polar surface area (TPSA) is 55.2 Å². The van der Waals surface area contributed by atoms with E-state index in [0.717, 1.165) is 24.9 Å². The lowest BCUT2D eigenvalue weighted by atomic mass is 9.92. The van der Waals surface area contributed by atoms with Crippen LogP contribution < -0.4 is 5.32 Å². The van der Waals surface area contributed by atoms with Crippen LogP contribution in [0.4, 0.5) is 5.69 Å². The maximum Gasteiger partial charge on any atom is 0.283 e. The van der Waals surface area contributed by atoms with Crippen LogP contribution in [-0.2, 0) is 6.42 Å². The van der Waals surface area contributed by atoms with Gasteiger partial charge in [0.05, 0.1) is 9.40 Å². The summed E-state index contributed by atoms with van der Waals surface area (Å²) >= 11 is 3.36. The first-order chi connectivity index (χ1) is 9.01. The second-order valence-corrected chi connectivity index (χ2v) is 5.55. The minimum atomic E-state index is -0.347. The van der Waals surface area contributed by atoms with Crippen molar-refractivity contribution in [2.45, 2.75) is 39.7 Å². The van der Waals surface area contributed by atoms with E-state index in [4.69, 9.17) is 0 Å². The molecule has 1 N–H and O–H groups in total. The van der Waals surface area contributed by atoms with Gasteiger partial charge >= 0.3 is 0 Å². The molecule has 0 saturated heterocycles. The Morgan fingerprint density at radius 3 is 2.63 bits per heavy atom. The number of nitrogens with one attached hydrogen (secondary N) is 1. The Morgan fingerprint density at radius 2 is 2.11 bits per heavy atom. The molecule has 2 unspecified atom stereocenters. The molecule has 2 atom stereocenters. The predicted molar refractivity (Wildman–Crippen MR) is 81.4 cm³/mol. The second-order valence-electron chi connectivity index (χ2n) is 4.76. The zero-order chi connectivity index (χ0) is 14.4. The molecular weight excluding hydrogens is 308 g/mol. The number of hydrogen-bond donors (Lipinski definition) is 1. The summed E-state index contributed by atoms with van der Waals surface area (Å²) in [4.78, 5) is 10.6. The van der Waals surface area contributed by atoms with Crippen molar-refractivity contribution < 1.29 is 4.92 Å². The first-order valence-electron chi connectivity index (χ1n) is 6.66. The van der Waals surface area contributed by atoms with Crippen LogP contribution in [-0.4, -0.2) is 17.5 Å². The second kappa shape index (κ2) is 7.60. The smallest absolute Gasteiger partial charge is 0.283 e. The van der Waals surface area contributed by atoms with Crippen LogP contribution in [0.15, 0.2) is 22.7 Å². The molecule has 1 rings (SSSR count). The van der Waals surface area contributed by atoms with Gasteiger partial charge in [-0.3, -0.25) is 10.1 Å². The molecule has 0 spiro atoms. The fourth-order valence-electron chi connectivity index (χ4n) is 2.36. The van der Waals surface area contributed by atoms with E-state index in [1.807, 2.05) is 6.07 Å². The van der Waals surface area contributed by atoms with Gasteiger partial charge in [0.25, 0.3) is 5.69 Å². The lowest BCUT2D eigenvalue weighted by molar-refractivity contribution is -0.385. The van der Waals surface area contributed by atoms with Gasteiger partial charge in [-0.2, -0.15) is 0 Å². The number of hydrogen-bond acceptors (Lipinski definition) is 3. The third-order valence-electron chi connectivity index (χ3n) is 3.39. The highest BCUT2D eigenvalue weighted by Gasteiger charge is 2.19. The van der Waals surface area contributed by atoms with Crippen molar-refractivity contribution >= 4 is 21.6 Å². The Kier molecular flexibility index (Phi) is 6.45. The molecule has 106 valence electrons. The minimum Gasteiger partial charge on any atom is -0.314 e. The molecule has 0 aromatic heterocycles. The minimum absolute atomic E-state index is 0.140. The van der Waals surface area contributed by atoms with E-state index in [2.05, 4.69) is 42.0 Å². The van der Waals surface area contributed by atoms with Crippen molar-refractivity contribution in [3.8, 4) is 0 Å². The third kappa shape index (κ3) is 4.28. The van der Waals surface area contributed by atoms with Crippen molar-refractivity contribution in [3.63, 3.8) is 0 Å². The van der Waals surface area contributed by atoms with Gasteiger partial charge in [-0.15, -0.1) is 0 Å². The summed E-state index contributed by atoms with van der Waals surface area (Å²) in [5.74, 6) is 0.434. The SMILES string of the molecule is CCNC(CC)C(C)Cc1cccc([N+](=O)[O-])c1Br. The number of benzene rings is 1. The number of nitro benzene ring substituents is 1. The lowest BCUT2D eigenvalue weighted by Gasteiger charge is -2.24. The molecule has 0 aliphatic rings. The molecule has 0 aliphatic carbocycles. The molecular formula is C14H21BrN2O2. The quantitative estimate of drug-likeness (QED) is 0.609. The van der Waals surface area contributed by atoms with E-state index in [1.54, 1.807) is 6.07 Å². The van der Waals surface area contributed by atoms with Gasteiger partial charge in [0.15, 0.2) is 0 Å². The summed E-state index contributed by atoms with van der Waals surface area (Å²) in [6.45, 7) is 7.38. The number of halogens is 1. The fourth-order valence-corrected chi connectivity index (χ4v) is 2.94. The van der Waals surface area contributed by atoms with Gasteiger partial charge in [-0.25, -0.2) is 0 Å². The van der Waals surface area contributed by atoms with E-state index in [1.165, 1.54) is 6.07 Å². The largest absolute Gasteiger partial charge is 0.314 e. The number of nitrogens with zero attached hydrogens (tertiary/aromatic N) is 1. The normalized spacial score (nSPS) is 14.1. The van der Waals surface area contributed by atoms with Gasteiger partial charge in [-0.05, 0) is 46.8 Å². The Hall–Kier alpha value is -0.940. The molecule has 5 heteroatoms. The van der Waals surface area contributed by atoms with E-state index in [-0.39, 0.29) is 10.6 Å². The standard InChI is InChI=1S/C14H21BrN2O2/c1-4-12(16-5-2)10(3)9-11-7-6-8-13(14(11)15)17(18)19/h6-8,10,12,16H,4-5,9H2,1-3H3. The first-order valence-corrected chi connectivity index (χ1v) is 7.45. The lowest BCUT2D eigenvalue weighted by Crippen LogP contribution is -2.35. The summed E-state index contributed by atoms with van der Waals surface area (Å²) in [6.07, 6.45) is 1.88. The van der Waals surface area contributed by atoms with Gasteiger partial charge in [0, 0.05) is 12.1 Å². The van der Waals surface area contributed by atoms with Crippen LogP contribution in [0.25, 0.3) is 0 Å². The summed E-state index contributed by atoms with van der Waals surface area (Å²) < 4.78 is 0.609. The summed E-state index contributed by atoms with van der Waals surface area (Å²) in [5, 5.41) is 14.4. The highest BCUT2D eigenvalue weighted by Crippen LogP contribution is 2.30. The zero-order valence-electron chi connectivity index (χ0n) is 11.6. The predicted octanol–water partition coefficient (Wildman–Crippen LogP) is 3.92. The Bertz CT molecular complexity index is 437. The Morgan fingerprint density at radius 1 is 1.42 bits per heavy atom. The highest BCUT2D eigenvalue weighted by atomic mass is 79.9. The van der Waals surface area contributed by atoms with Crippen LogP contribution in [0.5, 0.6) is 0 Å². The van der Waals surface area contributed by atoms with Crippen molar-refractivity contribution in [2.75, 3.05) is 6.54 Å². The molecule has 4 nitrogen and oxygen atoms in total. The molecule has 0 amide bonds. The Labute approximate surface area is 122 Å². The molecule has 0 aliphatic heterocycles. The summed E-state index contributed by atoms with van der Waals surface area (Å²) in [7, 11) is 0. The van der Waals surface area contributed by atoms with E-state index >= 15 is 0 Å². The van der Waals surface area contributed by atoms with Crippen molar-refractivity contribution in [1.82, 2.24) is 5.32 Å². The van der Waals surface area contributed by atoms with E-state index in [9.17, 15) is 10.1 Å². The number of rotatable bonds is 7. The van der Waals surface area contributed by atoms with Gasteiger partial charge in [0.2, 0.25) is 0 Å². The molecule has 0 radical (unpaired) electrons. The molecule has 0 bridgehead atoms. The summed E-state index contributed by atoms with van der Waals surface area (Å²) in [6, 6.07) is 5.67. The summed E-state index contributed by atoms with van der Waals surface area (Å²) in [5.41, 5.74) is 1.14. The maximum absolute atomic E-state index is 10.9. The van der Waals surface area contributed by atoms with Crippen LogP contribution >= 0.6 is 15.9 Å². The van der Waals surface area contributed by atoms with Crippen LogP contribution in [0, 0.1) is 16.0 Å². The molecule has 0 heterocycles. The molecule has 19 heavy (non-hydrogen) atoms. The van der Waals surface area contributed by atoms with Crippen molar-refractivity contribution in [3.05, 3.63) is 38.3 Å². The molecule has 1 aromatic rings. The molecule has 0 fully saturated rings. The van der Waals surface area contributed by atoms with Gasteiger partial charge in [-0.1, -0.05) is 32.9 Å². The van der Waals surface area contributed by atoms with Gasteiger partial charge < -0.3 is 5.32 Å². The van der Waals surface area contributed by atoms with E-state index < -0.39 is 0 Å².